The largest absolute Gasteiger partial charge is 0.490 e. The maximum atomic E-state index is 9.01. The first-order chi connectivity index (χ1) is 6.20. The lowest BCUT2D eigenvalue weighted by atomic mass is 9.80. The van der Waals surface area contributed by atoms with Gasteiger partial charge in [-0.2, -0.15) is 0 Å². The molecule has 0 aliphatic rings. The van der Waals surface area contributed by atoms with E-state index in [2.05, 4.69) is 4.98 Å². The fraction of sp³-hybridized carbons (Fsp3) is 0. The van der Waals surface area contributed by atoms with Gasteiger partial charge >= 0.3 is 7.12 Å². The van der Waals surface area contributed by atoms with Crippen molar-refractivity contribution in [3.63, 3.8) is 0 Å². The minimum absolute atomic E-state index is 0.403. The molecule has 0 aliphatic carbocycles. The normalized spacial score (nSPS) is 10.7. The monoisotopic (exact) mass is 195 g/mol. The van der Waals surface area contributed by atoms with Crippen molar-refractivity contribution in [2.75, 3.05) is 0 Å². The Kier molecular flexibility index (Phi) is 2.03. The van der Waals surface area contributed by atoms with Crippen LogP contribution in [0.4, 0.5) is 0 Å². The van der Waals surface area contributed by atoms with E-state index in [0.717, 1.165) is 5.52 Å². The number of rotatable bonds is 1. The van der Waals surface area contributed by atoms with Gasteiger partial charge in [0.05, 0.1) is 0 Å². The molecule has 2 rings (SSSR count). The molecule has 0 atom stereocenters. The van der Waals surface area contributed by atoms with Gasteiger partial charge in [0.1, 0.15) is 0 Å². The first kappa shape index (κ1) is 8.63. The van der Waals surface area contributed by atoms with E-state index >= 15 is 0 Å². The molecule has 3 N–H and O–H groups in total. The van der Waals surface area contributed by atoms with E-state index in [1.54, 1.807) is 18.3 Å². The molecule has 5 heteroatoms. The Balaban J connectivity index is 2.79. The SMILES string of the molecule is OB(O)c1c[nH]c2cccc(Cl)c12. The highest BCUT2D eigenvalue weighted by atomic mass is 35.5. The summed E-state index contributed by atoms with van der Waals surface area (Å²) in [6.45, 7) is 0. The lowest BCUT2D eigenvalue weighted by Gasteiger charge is -1.97. The number of nitrogens with one attached hydrogen (secondary N) is 1. The Labute approximate surface area is 80.1 Å². The molecule has 0 bridgehead atoms. The fourth-order valence-corrected chi connectivity index (χ4v) is 1.65. The number of halogens is 1. The Morgan fingerprint density at radius 1 is 1.31 bits per heavy atom. The Hall–Kier alpha value is -0.965. The summed E-state index contributed by atoms with van der Waals surface area (Å²) in [6.07, 6.45) is 1.54. The molecule has 66 valence electrons. The smallest absolute Gasteiger partial charge is 0.423 e. The number of aromatic amines is 1. The van der Waals surface area contributed by atoms with Crippen molar-refractivity contribution in [3.8, 4) is 0 Å². The van der Waals surface area contributed by atoms with Crippen molar-refractivity contribution in [2.45, 2.75) is 0 Å². The molecule has 0 fully saturated rings. The van der Waals surface area contributed by atoms with Crippen LogP contribution in [0, 0.1) is 0 Å². The van der Waals surface area contributed by atoms with Gasteiger partial charge in [0.2, 0.25) is 0 Å². The van der Waals surface area contributed by atoms with Crippen LogP contribution in [0.5, 0.6) is 0 Å². The number of fused-ring (bicyclic) bond motifs is 1. The highest BCUT2D eigenvalue weighted by Crippen LogP contribution is 2.20. The molecule has 3 nitrogen and oxygen atoms in total. The van der Waals surface area contributed by atoms with E-state index < -0.39 is 7.12 Å². The van der Waals surface area contributed by atoms with Crippen LogP contribution in [0.3, 0.4) is 0 Å². The summed E-state index contributed by atoms with van der Waals surface area (Å²) in [5.41, 5.74) is 1.20. The minimum atomic E-state index is -1.49. The second-order valence-corrected chi connectivity index (χ2v) is 3.19. The third-order valence-electron chi connectivity index (χ3n) is 1.96. The summed E-state index contributed by atoms with van der Waals surface area (Å²) in [7, 11) is -1.49. The van der Waals surface area contributed by atoms with Gasteiger partial charge in [-0.15, -0.1) is 0 Å². The summed E-state index contributed by atoms with van der Waals surface area (Å²) in [5.74, 6) is 0. The maximum Gasteiger partial charge on any atom is 0.490 e. The van der Waals surface area contributed by atoms with Gasteiger partial charge in [0, 0.05) is 27.6 Å². The van der Waals surface area contributed by atoms with Crippen molar-refractivity contribution in [2.24, 2.45) is 0 Å². The maximum absolute atomic E-state index is 9.01. The van der Waals surface area contributed by atoms with Gasteiger partial charge in [-0.3, -0.25) is 0 Å². The molecule has 13 heavy (non-hydrogen) atoms. The van der Waals surface area contributed by atoms with Gasteiger partial charge in [-0.1, -0.05) is 17.7 Å². The lowest BCUT2D eigenvalue weighted by Crippen LogP contribution is -2.29. The number of aromatic nitrogens is 1. The Morgan fingerprint density at radius 2 is 2.08 bits per heavy atom. The van der Waals surface area contributed by atoms with Crippen molar-refractivity contribution < 1.29 is 10.0 Å². The van der Waals surface area contributed by atoms with Crippen molar-refractivity contribution >= 4 is 35.1 Å². The zero-order valence-electron chi connectivity index (χ0n) is 6.66. The summed E-state index contributed by atoms with van der Waals surface area (Å²) in [4.78, 5) is 2.91. The van der Waals surface area contributed by atoms with Crippen LogP contribution in [0.1, 0.15) is 0 Å². The number of H-pyrrole nitrogens is 1. The van der Waals surface area contributed by atoms with E-state index in [0.29, 0.717) is 15.9 Å². The Bertz CT molecular complexity index is 441. The van der Waals surface area contributed by atoms with Crippen LogP contribution >= 0.6 is 11.6 Å². The van der Waals surface area contributed by atoms with Crippen LogP contribution in [-0.2, 0) is 0 Å². The molecule has 0 unspecified atom stereocenters. The van der Waals surface area contributed by atoms with Gasteiger partial charge < -0.3 is 15.0 Å². The van der Waals surface area contributed by atoms with E-state index in [4.69, 9.17) is 21.6 Å². The highest BCUT2D eigenvalue weighted by Gasteiger charge is 2.17. The van der Waals surface area contributed by atoms with Gasteiger partial charge in [-0.25, -0.2) is 0 Å². The average molecular weight is 195 g/mol. The van der Waals surface area contributed by atoms with Crippen molar-refractivity contribution in [1.29, 1.82) is 0 Å². The molecule has 0 amide bonds. The second-order valence-electron chi connectivity index (χ2n) is 2.78. The molecule has 2 aromatic rings. The van der Waals surface area contributed by atoms with Crippen LogP contribution in [-0.4, -0.2) is 22.2 Å². The average Bonchev–Trinajstić information content (AvgIpc) is 2.49. The highest BCUT2D eigenvalue weighted by molar-refractivity contribution is 6.63. The molecule has 1 aromatic heterocycles. The van der Waals surface area contributed by atoms with Crippen molar-refractivity contribution in [3.05, 3.63) is 29.4 Å². The van der Waals surface area contributed by atoms with Crippen LogP contribution in [0.15, 0.2) is 24.4 Å². The van der Waals surface area contributed by atoms with Crippen LogP contribution in [0.2, 0.25) is 5.02 Å². The molecule has 1 heterocycles. The minimum Gasteiger partial charge on any atom is -0.423 e. The number of hydrogen-bond acceptors (Lipinski definition) is 2. The molecule has 1 aromatic carbocycles. The third kappa shape index (κ3) is 1.33. The molecular formula is C8H7BClNO2. The van der Waals surface area contributed by atoms with Crippen LogP contribution in [0.25, 0.3) is 10.9 Å². The zero-order chi connectivity index (χ0) is 9.42. The van der Waals surface area contributed by atoms with E-state index in [1.807, 2.05) is 6.07 Å². The molecular weight excluding hydrogens is 188 g/mol. The summed E-state index contributed by atoms with van der Waals surface area (Å²) >= 11 is 5.91. The first-order valence-electron chi connectivity index (χ1n) is 3.82. The number of hydrogen-bond donors (Lipinski definition) is 3. The standard InChI is InChI=1S/C8H7BClNO2/c10-6-2-1-3-7-8(6)5(4-11-7)9(12)13/h1-4,11-13H. The third-order valence-corrected chi connectivity index (χ3v) is 2.28. The van der Waals surface area contributed by atoms with E-state index in [1.165, 1.54) is 0 Å². The zero-order valence-corrected chi connectivity index (χ0v) is 7.42. The van der Waals surface area contributed by atoms with Gasteiger partial charge in [-0.05, 0) is 12.1 Å². The molecule has 0 aliphatic heterocycles. The summed E-state index contributed by atoms with van der Waals surface area (Å²) in [5, 5.41) is 19.2. The second kappa shape index (κ2) is 3.07. The van der Waals surface area contributed by atoms with E-state index in [-0.39, 0.29) is 0 Å². The molecule has 0 spiro atoms. The topological polar surface area (TPSA) is 56.2 Å². The molecule has 0 radical (unpaired) electrons. The predicted octanol–water partition coefficient (Wildman–Crippen LogP) is 0.501. The molecule has 0 saturated heterocycles. The van der Waals surface area contributed by atoms with E-state index in [9.17, 15) is 0 Å². The fourth-order valence-electron chi connectivity index (χ4n) is 1.37. The summed E-state index contributed by atoms with van der Waals surface area (Å²) < 4.78 is 0. The Morgan fingerprint density at radius 3 is 2.77 bits per heavy atom. The summed E-state index contributed by atoms with van der Waals surface area (Å²) in [6, 6.07) is 5.34. The van der Waals surface area contributed by atoms with Gasteiger partial charge in [0.15, 0.2) is 0 Å². The number of benzene rings is 1. The quantitative estimate of drug-likeness (QED) is 0.581. The van der Waals surface area contributed by atoms with Crippen LogP contribution < -0.4 is 5.46 Å². The predicted molar refractivity (Wildman–Crippen MR) is 53.1 cm³/mol. The molecule has 0 saturated carbocycles. The van der Waals surface area contributed by atoms with Crippen molar-refractivity contribution in [1.82, 2.24) is 4.98 Å². The lowest BCUT2D eigenvalue weighted by molar-refractivity contribution is 0.426. The van der Waals surface area contributed by atoms with Gasteiger partial charge in [0.25, 0.3) is 0 Å². The first-order valence-corrected chi connectivity index (χ1v) is 4.19.